The number of amides is 4. The van der Waals surface area contributed by atoms with Crippen molar-refractivity contribution in [2.24, 2.45) is 16.7 Å². The minimum absolute atomic E-state index is 0.0156. The Balaban J connectivity index is 1.40. The number of likely N-dealkylation sites (tertiary alicyclic amines) is 1. The zero-order valence-corrected chi connectivity index (χ0v) is 28.2. The van der Waals surface area contributed by atoms with Crippen LogP contribution >= 0.6 is 0 Å². The van der Waals surface area contributed by atoms with Gasteiger partial charge in [0.1, 0.15) is 12.1 Å². The van der Waals surface area contributed by atoms with Crippen LogP contribution in [0.4, 0.5) is 10.5 Å². The van der Waals surface area contributed by atoms with E-state index < -0.39 is 52.5 Å². The van der Waals surface area contributed by atoms with Gasteiger partial charge in [0, 0.05) is 49.0 Å². The summed E-state index contributed by atoms with van der Waals surface area (Å²) >= 11 is 0. The van der Waals surface area contributed by atoms with Gasteiger partial charge in [-0.2, -0.15) is 0 Å². The molecule has 2 aliphatic heterocycles. The van der Waals surface area contributed by atoms with Gasteiger partial charge in [0.05, 0.1) is 6.04 Å². The molecule has 2 heterocycles. The van der Waals surface area contributed by atoms with Crippen LogP contribution in [0, 0.1) is 16.7 Å². The molecule has 0 radical (unpaired) electrons. The number of Topliss-reactive ketones (excluding diaryl/α,β-unsaturated/α-hetero) is 2. The maximum atomic E-state index is 14.5. The first-order valence-corrected chi connectivity index (χ1v) is 17.3. The van der Waals surface area contributed by atoms with Gasteiger partial charge in [-0.3, -0.25) is 24.0 Å². The molecule has 4 amide bonds. The van der Waals surface area contributed by atoms with Crippen molar-refractivity contribution in [3.8, 4) is 0 Å². The highest BCUT2D eigenvalue weighted by molar-refractivity contribution is 6.37. The number of hydrogen-bond acceptors (Lipinski definition) is 7. The fourth-order valence-corrected chi connectivity index (χ4v) is 7.40. The lowest BCUT2D eigenvalue weighted by molar-refractivity contribution is -0.144. The van der Waals surface area contributed by atoms with E-state index in [0.717, 1.165) is 44.2 Å². The number of carbonyl (C=O) groups is 6. The molecule has 1 unspecified atom stereocenters. The zero-order valence-electron chi connectivity index (χ0n) is 28.2. The molecule has 4 atom stereocenters. The fourth-order valence-electron chi connectivity index (χ4n) is 7.40. The van der Waals surface area contributed by atoms with Gasteiger partial charge in [0.15, 0.2) is 5.78 Å². The second-order valence-electron chi connectivity index (χ2n) is 15.2. The number of ketones is 2. The number of para-hydroxylation sites is 1. The molecule has 256 valence electrons. The number of rotatable bonds is 12. The van der Waals surface area contributed by atoms with Gasteiger partial charge in [-0.25, -0.2) is 4.79 Å². The van der Waals surface area contributed by atoms with E-state index in [1.54, 1.807) is 4.90 Å². The standard InChI is InChI=1S/C36H50N4O7/c1-5-11-23(30(43)32(44)37-24-16-17-24)18-28(41)27-19-36(20-29(42)39(21-36)25-12-7-6-8-13-25)22-40(27)33(45)31(35(2,3)4)38-34(46)47-26-14-9-10-15-26/h6-8,12-13,23-24,26-27,31H,5,9-11,14-22H2,1-4H3,(H,37,44)(H,38,46)/t23-,27?,31-,36+/m1/s1. The summed E-state index contributed by atoms with van der Waals surface area (Å²) in [6, 6.07) is 7.42. The van der Waals surface area contributed by atoms with E-state index in [4.69, 9.17) is 4.74 Å². The molecule has 1 aromatic carbocycles. The molecule has 11 heteroatoms. The van der Waals surface area contributed by atoms with Gasteiger partial charge >= 0.3 is 6.09 Å². The van der Waals surface area contributed by atoms with Crippen molar-refractivity contribution in [1.82, 2.24) is 15.5 Å². The lowest BCUT2D eigenvalue weighted by atomic mass is 9.82. The highest BCUT2D eigenvalue weighted by atomic mass is 16.6. The van der Waals surface area contributed by atoms with Crippen molar-refractivity contribution in [3.05, 3.63) is 30.3 Å². The van der Waals surface area contributed by atoms with Crippen molar-refractivity contribution in [2.45, 2.75) is 123 Å². The summed E-state index contributed by atoms with van der Waals surface area (Å²) < 4.78 is 5.64. The molecular weight excluding hydrogens is 600 g/mol. The zero-order chi connectivity index (χ0) is 33.9. The lowest BCUT2D eigenvalue weighted by Crippen LogP contribution is -2.57. The van der Waals surface area contributed by atoms with E-state index in [9.17, 15) is 28.8 Å². The Hall–Kier alpha value is -3.76. The smallest absolute Gasteiger partial charge is 0.408 e. The summed E-state index contributed by atoms with van der Waals surface area (Å²) in [7, 11) is 0. The van der Waals surface area contributed by atoms with Crippen LogP contribution < -0.4 is 15.5 Å². The predicted octanol–water partition coefficient (Wildman–Crippen LogP) is 4.32. The summed E-state index contributed by atoms with van der Waals surface area (Å²) in [5, 5.41) is 5.56. The van der Waals surface area contributed by atoms with Crippen LogP contribution in [0.1, 0.15) is 98.3 Å². The van der Waals surface area contributed by atoms with Crippen molar-refractivity contribution < 1.29 is 33.5 Å². The van der Waals surface area contributed by atoms with Gasteiger partial charge in [0.2, 0.25) is 17.6 Å². The van der Waals surface area contributed by atoms with Gasteiger partial charge in [-0.05, 0) is 68.9 Å². The largest absolute Gasteiger partial charge is 0.446 e. The van der Waals surface area contributed by atoms with E-state index in [0.29, 0.717) is 19.4 Å². The van der Waals surface area contributed by atoms with Crippen LogP contribution in [0.3, 0.4) is 0 Å². The Morgan fingerprint density at radius 1 is 1.00 bits per heavy atom. The number of nitrogens with one attached hydrogen (secondary N) is 2. The van der Waals surface area contributed by atoms with Crippen LogP contribution in [0.5, 0.6) is 0 Å². The highest BCUT2D eigenvalue weighted by Crippen LogP contribution is 2.46. The Morgan fingerprint density at radius 2 is 1.68 bits per heavy atom. The second-order valence-corrected chi connectivity index (χ2v) is 15.2. The number of nitrogens with zero attached hydrogens (tertiary/aromatic N) is 2. The number of alkyl carbamates (subject to hydrolysis) is 1. The number of benzene rings is 1. The third-order valence-corrected chi connectivity index (χ3v) is 10.1. The Morgan fingerprint density at radius 3 is 2.30 bits per heavy atom. The normalized spacial score (nSPS) is 24.3. The molecule has 5 rings (SSSR count). The topological polar surface area (TPSA) is 142 Å². The first-order valence-electron chi connectivity index (χ1n) is 17.3. The molecule has 47 heavy (non-hydrogen) atoms. The summed E-state index contributed by atoms with van der Waals surface area (Å²) in [5.74, 6) is -2.89. The maximum Gasteiger partial charge on any atom is 0.408 e. The molecule has 4 aliphatic rings. The average molecular weight is 651 g/mol. The maximum absolute atomic E-state index is 14.5. The third kappa shape index (κ3) is 8.22. The fraction of sp³-hybridized carbons (Fsp3) is 0.667. The molecule has 0 aromatic heterocycles. The van der Waals surface area contributed by atoms with Crippen LogP contribution in [-0.2, 0) is 28.7 Å². The monoisotopic (exact) mass is 650 g/mol. The van der Waals surface area contributed by atoms with Gasteiger partial charge < -0.3 is 25.2 Å². The molecule has 0 bridgehead atoms. The first kappa shape index (κ1) is 34.6. The molecule has 2 aliphatic carbocycles. The molecule has 1 spiro atoms. The number of anilines is 1. The Bertz CT molecular complexity index is 1360. The van der Waals surface area contributed by atoms with Gasteiger partial charge in [-0.15, -0.1) is 0 Å². The van der Waals surface area contributed by atoms with Crippen molar-refractivity contribution >= 4 is 41.1 Å². The van der Waals surface area contributed by atoms with Gasteiger partial charge in [-0.1, -0.05) is 52.3 Å². The van der Waals surface area contributed by atoms with E-state index >= 15 is 0 Å². The van der Waals surface area contributed by atoms with Crippen molar-refractivity contribution in [1.29, 1.82) is 0 Å². The summed E-state index contributed by atoms with van der Waals surface area (Å²) in [6.07, 6.45) is 5.59. The van der Waals surface area contributed by atoms with Crippen LogP contribution in [0.2, 0.25) is 0 Å². The van der Waals surface area contributed by atoms with Gasteiger partial charge in [0.25, 0.3) is 5.91 Å². The minimum Gasteiger partial charge on any atom is -0.446 e. The summed E-state index contributed by atoms with van der Waals surface area (Å²) in [4.78, 5) is 84.3. The third-order valence-electron chi connectivity index (χ3n) is 10.1. The highest BCUT2D eigenvalue weighted by Gasteiger charge is 2.56. The summed E-state index contributed by atoms with van der Waals surface area (Å²) in [5.41, 5.74) is -0.664. The van der Waals surface area contributed by atoms with E-state index in [1.807, 2.05) is 58.0 Å². The molecule has 11 nitrogen and oxygen atoms in total. The minimum atomic E-state index is -0.999. The molecule has 4 fully saturated rings. The van der Waals surface area contributed by atoms with Crippen LogP contribution in [0.25, 0.3) is 0 Å². The molecule has 1 aromatic rings. The number of carbonyl (C=O) groups excluding carboxylic acids is 6. The molecule has 2 saturated carbocycles. The van der Waals surface area contributed by atoms with Crippen LogP contribution in [0.15, 0.2) is 30.3 Å². The lowest BCUT2D eigenvalue weighted by Gasteiger charge is -2.35. The van der Waals surface area contributed by atoms with E-state index in [-0.39, 0.29) is 49.6 Å². The first-order chi connectivity index (χ1) is 22.3. The number of hydrogen-bond donors (Lipinski definition) is 2. The quantitative estimate of drug-likeness (QED) is 0.321. The van der Waals surface area contributed by atoms with E-state index in [1.165, 1.54) is 4.90 Å². The Kier molecular flexibility index (Phi) is 10.4. The second kappa shape index (κ2) is 14.2. The van der Waals surface area contributed by atoms with Crippen molar-refractivity contribution in [2.75, 3.05) is 18.0 Å². The van der Waals surface area contributed by atoms with Crippen molar-refractivity contribution in [3.63, 3.8) is 0 Å². The average Bonchev–Trinajstić information content (AvgIpc) is 3.39. The molecular formula is C36H50N4O7. The summed E-state index contributed by atoms with van der Waals surface area (Å²) in [6.45, 7) is 7.92. The Labute approximate surface area is 277 Å². The molecule has 2 N–H and O–H groups in total. The molecule has 2 saturated heterocycles. The van der Waals surface area contributed by atoms with E-state index in [2.05, 4.69) is 10.6 Å². The predicted molar refractivity (Wildman–Crippen MR) is 175 cm³/mol. The van der Waals surface area contributed by atoms with Crippen LogP contribution in [-0.4, -0.2) is 77.6 Å². The SMILES string of the molecule is CCC[C@H](CC(=O)C1C[C@@]2(CC(=O)N(c3ccccc3)C2)CN1C(=O)[C@@H](NC(=O)OC1CCCC1)C(C)(C)C)C(=O)C(=O)NC1CC1. The number of ether oxygens (including phenoxy) is 1.